The van der Waals surface area contributed by atoms with Crippen molar-refractivity contribution in [1.82, 2.24) is 0 Å². The van der Waals surface area contributed by atoms with Crippen LogP contribution in [0.15, 0.2) is 12.1 Å². The number of hydrogen-bond acceptors (Lipinski definition) is 4. The number of nitrogen functional groups attached to an aromatic ring is 2. The van der Waals surface area contributed by atoms with Crippen molar-refractivity contribution in [1.29, 1.82) is 0 Å². The van der Waals surface area contributed by atoms with Crippen LogP contribution >= 0.6 is 24.8 Å². The largest absolute Gasteiger partial charge is 0.493 e. The van der Waals surface area contributed by atoms with Crippen LogP contribution in [0.4, 0.5) is 11.4 Å². The first-order chi connectivity index (χ1) is 5.69. The average Bonchev–Trinajstić information content (AvgIpc) is 2.09. The van der Waals surface area contributed by atoms with Gasteiger partial charge in [0.2, 0.25) is 0 Å². The lowest BCUT2D eigenvalue weighted by Crippen LogP contribution is -1.97. The third-order valence-corrected chi connectivity index (χ3v) is 1.59. The van der Waals surface area contributed by atoms with Gasteiger partial charge in [-0.1, -0.05) is 0 Å². The molecule has 0 aliphatic rings. The zero-order valence-corrected chi connectivity index (χ0v) is 9.58. The minimum Gasteiger partial charge on any atom is -0.493 e. The summed E-state index contributed by atoms with van der Waals surface area (Å²) in [5.41, 5.74) is 12.1. The van der Waals surface area contributed by atoms with Gasteiger partial charge in [0.15, 0.2) is 11.5 Å². The maximum atomic E-state index is 5.56. The van der Waals surface area contributed by atoms with Gasteiger partial charge in [-0.05, 0) is 0 Å². The van der Waals surface area contributed by atoms with Crippen LogP contribution in [0.3, 0.4) is 0 Å². The van der Waals surface area contributed by atoms with E-state index in [4.69, 9.17) is 20.9 Å². The van der Waals surface area contributed by atoms with E-state index < -0.39 is 0 Å². The van der Waals surface area contributed by atoms with Gasteiger partial charge in [-0.3, -0.25) is 0 Å². The lowest BCUT2D eigenvalue weighted by atomic mass is 10.2. The minimum atomic E-state index is 0. The standard InChI is InChI=1S/C8H12N2O2.2ClH/c1-11-7-3-5(9)6(10)4-8(7)12-2;;/h3-4H,9-10H2,1-2H3;2*1H. The Balaban J connectivity index is 0. The Morgan fingerprint density at radius 2 is 1.14 bits per heavy atom. The Hall–Kier alpha value is -1.000. The highest BCUT2D eigenvalue weighted by molar-refractivity contribution is 5.85. The highest BCUT2D eigenvalue weighted by Gasteiger charge is 2.05. The third-order valence-electron chi connectivity index (χ3n) is 1.59. The van der Waals surface area contributed by atoms with Crippen LogP contribution in [0.5, 0.6) is 11.5 Å². The Kier molecular flexibility index (Phi) is 7.13. The fourth-order valence-corrected chi connectivity index (χ4v) is 0.910. The number of methoxy groups -OCH3 is 2. The summed E-state index contributed by atoms with van der Waals surface area (Å²) >= 11 is 0. The van der Waals surface area contributed by atoms with Crippen LogP contribution in [0.25, 0.3) is 0 Å². The topological polar surface area (TPSA) is 70.5 Å². The number of nitrogens with two attached hydrogens (primary N) is 2. The lowest BCUT2D eigenvalue weighted by molar-refractivity contribution is 0.355. The van der Waals surface area contributed by atoms with Gasteiger partial charge < -0.3 is 20.9 Å². The second-order valence-electron chi connectivity index (χ2n) is 2.34. The maximum absolute atomic E-state index is 5.56. The summed E-state index contributed by atoms with van der Waals surface area (Å²) in [5.74, 6) is 1.17. The Morgan fingerprint density at radius 1 is 0.857 bits per heavy atom. The molecular weight excluding hydrogens is 227 g/mol. The van der Waals surface area contributed by atoms with Gasteiger partial charge in [-0.15, -0.1) is 24.8 Å². The van der Waals surface area contributed by atoms with Crippen molar-refractivity contribution in [3.05, 3.63) is 12.1 Å². The molecule has 14 heavy (non-hydrogen) atoms. The molecule has 0 aliphatic carbocycles. The molecular formula is C8H14Cl2N2O2. The number of ether oxygens (including phenoxy) is 2. The average molecular weight is 241 g/mol. The SMILES string of the molecule is COc1cc(N)c(N)cc1OC.Cl.Cl. The zero-order valence-electron chi connectivity index (χ0n) is 7.94. The summed E-state index contributed by atoms with van der Waals surface area (Å²) in [6.45, 7) is 0. The molecule has 0 saturated carbocycles. The second-order valence-corrected chi connectivity index (χ2v) is 2.34. The zero-order chi connectivity index (χ0) is 9.14. The first-order valence-electron chi connectivity index (χ1n) is 3.46. The molecule has 0 heterocycles. The summed E-state index contributed by atoms with van der Waals surface area (Å²) in [6.07, 6.45) is 0. The summed E-state index contributed by atoms with van der Waals surface area (Å²) in [6, 6.07) is 3.27. The quantitative estimate of drug-likeness (QED) is 0.773. The van der Waals surface area contributed by atoms with Crippen molar-refractivity contribution in [2.75, 3.05) is 25.7 Å². The summed E-state index contributed by atoms with van der Waals surface area (Å²) in [7, 11) is 3.10. The monoisotopic (exact) mass is 240 g/mol. The molecule has 0 aromatic heterocycles. The molecule has 6 heteroatoms. The van der Waals surface area contributed by atoms with Gasteiger partial charge in [0, 0.05) is 12.1 Å². The van der Waals surface area contributed by atoms with Crippen LogP contribution in [0.2, 0.25) is 0 Å². The Labute approximate surface area is 95.4 Å². The van der Waals surface area contributed by atoms with Crippen LogP contribution < -0.4 is 20.9 Å². The van der Waals surface area contributed by atoms with E-state index in [1.807, 2.05) is 0 Å². The molecule has 82 valence electrons. The number of halogens is 2. The van der Waals surface area contributed by atoms with Crippen molar-refractivity contribution in [2.45, 2.75) is 0 Å². The molecule has 0 fully saturated rings. The highest BCUT2D eigenvalue weighted by atomic mass is 35.5. The molecule has 1 aromatic carbocycles. The van der Waals surface area contributed by atoms with Crippen molar-refractivity contribution in [3.63, 3.8) is 0 Å². The predicted molar refractivity (Wildman–Crippen MR) is 62.9 cm³/mol. The van der Waals surface area contributed by atoms with Gasteiger partial charge in [0.25, 0.3) is 0 Å². The molecule has 0 amide bonds. The Morgan fingerprint density at radius 3 is 1.36 bits per heavy atom. The molecule has 0 aliphatic heterocycles. The van der Waals surface area contributed by atoms with E-state index in [0.717, 1.165) is 0 Å². The number of hydrogen-bond donors (Lipinski definition) is 2. The van der Waals surface area contributed by atoms with Crippen molar-refractivity contribution in [2.24, 2.45) is 0 Å². The Bertz CT molecular complexity index is 266. The van der Waals surface area contributed by atoms with Gasteiger partial charge >= 0.3 is 0 Å². The molecule has 4 nitrogen and oxygen atoms in total. The van der Waals surface area contributed by atoms with E-state index in [-0.39, 0.29) is 24.8 Å². The normalized spacial score (nSPS) is 8.14. The van der Waals surface area contributed by atoms with E-state index in [1.54, 1.807) is 26.4 Å². The highest BCUT2D eigenvalue weighted by Crippen LogP contribution is 2.32. The molecule has 1 aromatic rings. The van der Waals surface area contributed by atoms with Gasteiger partial charge in [-0.25, -0.2) is 0 Å². The maximum Gasteiger partial charge on any atom is 0.162 e. The molecule has 0 bridgehead atoms. The van der Waals surface area contributed by atoms with Crippen molar-refractivity contribution >= 4 is 36.2 Å². The summed E-state index contributed by atoms with van der Waals surface area (Å²) in [4.78, 5) is 0. The van der Waals surface area contributed by atoms with Crippen LogP contribution in [0, 0.1) is 0 Å². The van der Waals surface area contributed by atoms with Gasteiger partial charge in [0.1, 0.15) is 0 Å². The number of anilines is 2. The molecule has 0 saturated heterocycles. The fraction of sp³-hybridized carbons (Fsp3) is 0.250. The first-order valence-corrected chi connectivity index (χ1v) is 3.46. The van der Waals surface area contributed by atoms with E-state index >= 15 is 0 Å². The molecule has 0 atom stereocenters. The first kappa shape index (κ1) is 15.5. The van der Waals surface area contributed by atoms with Gasteiger partial charge in [-0.2, -0.15) is 0 Å². The predicted octanol–water partition coefficient (Wildman–Crippen LogP) is 1.71. The molecule has 0 unspecified atom stereocenters. The lowest BCUT2D eigenvalue weighted by Gasteiger charge is -2.09. The van der Waals surface area contributed by atoms with E-state index in [0.29, 0.717) is 22.9 Å². The minimum absolute atomic E-state index is 0. The van der Waals surface area contributed by atoms with E-state index in [1.165, 1.54) is 0 Å². The summed E-state index contributed by atoms with van der Waals surface area (Å²) < 4.78 is 10.0. The smallest absolute Gasteiger partial charge is 0.162 e. The van der Waals surface area contributed by atoms with Crippen LogP contribution in [-0.4, -0.2) is 14.2 Å². The van der Waals surface area contributed by atoms with Gasteiger partial charge in [0.05, 0.1) is 25.6 Å². The third kappa shape index (κ3) is 3.05. The van der Waals surface area contributed by atoms with Crippen molar-refractivity contribution in [3.8, 4) is 11.5 Å². The molecule has 0 radical (unpaired) electrons. The van der Waals surface area contributed by atoms with E-state index in [9.17, 15) is 0 Å². The molecule has 1 rings (SSSR count). The molecule has 4 N–H and O–H groups in total. The number of benzene rings is 1. The van der Waals surface area contributed by atoms with E-state index in [2.05, 4.69) is 0 Å². The second kappa shape index (κ2) is 6.45. The van der Waals surface area contributed by atoms with Crippen LogP contribution in [0.1, 0.15) is 0 Å². The van der Waals surface area contributed by atoms with Crippen molar-refractivity contribution < 1.29 is 9.47 Å². The van der Waals surface area contributed by atoms with Crippen LogP contribution in [-0.2, 0) is 0 Å². The number of rotatable bonds is 2. The summed E-state index contributed by atoms with van der Waals surface area (Å²) in [5, 5.41) is 0. The molecule has 0 spiro atoms. The fourth-order valence-electron chi connectivity index (χ4n) is 0.910.